The molecule has 1 N–H and O–H groups in total. The van der Waals surface area contributed by atoms with Crippen LogP contribution in [0.1, 0.15) is 18.9 Å². The number of carbonyl (C=O) groups excluding carboxylic acids is 1. The van der Waals surface area contributed by atoms with E-state index in [1.54, 1.807) is 14.2 Å². The third-order valence-corrected chi connectivity index (χ3v) is 3.13. The second-order valence-electron chi connectivity index (χ2n) is 4.34. The van der Waals surface area contributed by atoms with Gasteiger partial charge in [-0.25, -0.2) is 0 Å². The van der Waals surface area contributed by atoms with Gasteiger partial charge in [-0.3, -0.25) is 4.79 Å². The van der Waals surface area contributed by atoms with Crippen molar-refractivity contribution < 1.29 is 19.0 Å². The number of hydrogen-bond acceptors (Lipinski definition) is 5. The van der Waals surface area contributed by atoms with E-state index in [9.17, 15) is 4.79 Å². The van der Waals surface area contributed by atoms with Crippen LogP contribution in [0.2, 0.25) is 0 Å². The van der Waals surface area contributed by atoms with E-state index >= 15 is 0 Å². The highest BCUT2D eigenvalue weighted by atomic mass is 16.5. The molecule has 0 aliphatic rings. The first-order chi connectivity index (χ1) is 9.65. The Morgan fingerprint density at radius 1 is 1.30 bits per heavy atom. The van der Waals surface area contributed by atoms with E-state index in [-0.39, 0.29) is 12.0 Å². The molecule has 20 heavy (non-hydrogen) atoms. The van der Waals surface area contributed by atoms with Gasteiger partial charge in [0, 0.05) is 6.42 Å². The second kappa shape index (κ2) is 8.43. The SMILES string of the molecule is CCc1ccc(OCCC(NC)C(=O)OC)c(OC)c1. The minimum Gasteiger partial charge on any atom is -0.493 e. The van der Waals surface area contributed by atoms with Gasteiger partial charge in [-0.15, -0.1) is 0 Å². The number of rotatable bonds is 8. The number of likely N-dealkylation sites (N-methyl/N-ethyl adjacent to an activating group) is 1. The van der Waals surface area contributed by atoms with E-state index in [2.05, 4.69) is 12.2 Å². The highest BCUT2D eigenvalue weighted by Crippen LogP contribution is 2.28. The fourth-order valence-corrected chi connectivity index (χ4v) is 1.86. The molecule has 0 radical (unpaired) electrons. The molecule has 5 heteroatoms. The Bertz CT molecular complexity index is 434. The lowest BCUT2D eigenvalue weighted by Crippen LogP contribution is -2.36. The third kappa shape index (κ3) is 4.42. The fourth-order valence-electron chi connectivity index (χ4n) is 1.86. The van der Waals surface area contributed by atoms with Crippen molar-refractivity contribution in [2.75, 3.05) is 27.9 Å². The fraction of sp³-hybridized carbons (Fsp3) is 0.533. The predicted octanol–water partition coefficient (Wildman–Crippen LogP) is 1.79. The van der Waals surface area contributed by atoms with E-state index in [0.29, 0.717) is 24.5 Å². The van der Waals surface area contributed by atoms with Crippen molar-refractivity contribution in [2.45, 2.75) is 25.8 Å². The summed E-state index contributed by atoms with van der Waals surface area (Å²) in [7, 11) is 4.71. The standard InChI is InChI=1S/C15H23NO4/c1-5-11-6-7-13(14(10-11)18-3)20-9-8-12(16-2)15(17)19-4/h6-7,10,12,16H,5,8-9H2,1-4H3. The molecule has 1 aromatic carbocycles. The van der Waals surface area contributed by atoms with Crippen molar-refractivity contribution in [3.63, 3.8) is 0 Å². The summed E-state index contributed by atoms with van der Waals surface area (Å²) < 4.78 is 15.7. The molecular formula is C15H23NO4. The number of hydrogen-bond donors (Lipinski definition) is 1. The summed E-state index contributed by atoms with van der Waals surface area (Å²) in [6, 6.07) is 5.50. The van der Waals surface area contributed by atoms with Gasteiger partial charge in [0.25, 0.3) is 0 Å². The largest absolute Gasteiger partial charge is 0.493 e. The Hall–Kier alpha value is -1.75. The van der Waals surface area contributed by atoms with Gasteiger partial charge >= 0.3 is 5.97 Å². The monoisotopic (exact) mass is 281 g/mol. The van der Waals surface area contributed by atoms with Crippen molar-refractivity contribution in [3.8, 4) is 11.5 Å². The molecule has 1 aromatic rings. The molecule has 112 valence electrons. The lowest BCUT2D eigenvalue weighted by atomic mass is 10.1. The van der Waals surface area contributed by atoms with Crippen LogP contribution in [0.15, 0.2) is 18.2 Å². The molecule has 0 saturated heterocycles. The van der Waals surface area contributed by atoms with Gasteiger partial charge in [0.1, 0.15) is 6.04 Å². The Morgan fingerprint density at radius 2 is 2.05 bits per heavy atom. The van der Waals surface area contributed by atoms with Gasteiger partial charge in [0.2, 0.25) is 0 Å². The van der Waals surface area contributed by atoms with Crippen molar-refractivity contribution in [1.82, 2.24) is 5.32 Å². The Kier molecular flexibility index (Phi) is 6.87. The van der Waals surface area contributed by atoms with Crippen LogP contribution in [0.25, 0.3) is 0 Å². The van der Waals surface area contributed by atoms with E-state index in [1.807, 2.05) is 18.2 Å². The molecule has 0 amide bonds. The molecule has 1 rings (SSSR count). The molecule has 1 unspecified atom stereocenters. The van der Waals surface area contributed by atoms with Crippen LogP contribution in [0.4, 0.5) is 0 Å². The predicted molar refractivity (Wildman–Crippen MR) is 77.3 cm³/mol. The summed E-state index contributed by atoms with van der Waals surface area (Å²) in [4.78, 5) is 11.4. The van der Waals surface area contributed by atoms with Crippen molar-refractivity contribution >= 4 is 5.97 Å². The number of benzene rings is 1. The normalized spacial score (nSPS) is 11.8. The summed E-state index contributed by atoms with van der Waals surface area (Å²) in [6.07, 6.45) is 1.47. The van der Waals surface area contributed by atoms with Crippen LogP contribution in [0, 0.1) is 0 Å². The molecule has 0 spiro atoms. The Balaban J connectivity index is 2.59. The topological polar surface area (TPSA) is 56.8 Å². The molecule has 0 bridgehead atoms. The van der Waals surface area contributed by atoms with Crippen LogP contribution < -0.4 is 14.8 Å². The summed E-state index contributed by atoms with van der Waals surface area (Å²) in [5.41, 5.74) is 1.19. The van der Waals surface area contributed by atoms with Crippen molar-refractivity contribution in [1.29, 1.82) is 0 Å². The van der Waals surface area contributed by atoms with Crippen LogP contribution >= 0.6 is 0 Å². The first kappa shape index (κ1) is 16.3. The maximum atomic E-state index is 11.4. The van der Waals surface area contributed by atoms with Gasteiger partial charge in [-0.1, -0.05) is 13.0 Å². The Morgan fingerprint density at radius 3 is 2.60 bits per heavy atom. The van der Waals surface area contributed by atoms with E-state index < -0.39 is 0 Å². The Labute approximate surface area is 120 Å². The molecular weight excluding hydrogens is 258 g/mol. The highest BCUT2D eigenvalue weighted by molar-refractivity contribution is 5.75. The van der Waals surface area contributed by atoms with Crippen molar-refractivity contribution in [2.24, 2.45) is 0 Å². The number of methoxy groups -OCH3 is 2. The van der Waals surface area contributed by atoms with Crippen LogP contribution in [0.3, 0.4) is 0 Å². The summed E-state index contributed by atoms with van der Waals surface area (Å²) in [6.45, 7) is 2.49. The average Bonchev–Trinajstić information content (AvgIpc) is 2.50. The zero-order valence-electron chi connectivity index (χ0n) is 12.6. The molecule has 0 aliphatic heterocycles. The minimum atomic E-state index is -0.360. The summed E-state index contributed by atoms with van der Waals surface area (Å²) in [5, 5.41) is 2.90. The van der Waals surface area contributed by atoms with Crippen molar-refractivity contribution in [3.05, 3.63) is 23.8 Å². The highest BCUT2D eigenvalue weighted by Gasteiger charge is 2.17. The number of nitrogens with one attached hydrogen (secondary N) is 1. The van der Waals surface area contributed by atoms with Crippen LogP contribution in [0.5, 0.6) is 11.5 Å². The molecule has 0 saturated carbocycles. The van der Waals surface area contributed by atoms with Gasteiger partial charge < -0.3 is 19.5 Å². The summed E-state index contributed by atoms with van der Waals surface area (Å²) in [5.74, 6) is 1.11. The lowest BCUT2D eigenvalue weighted by Gasteiger charge is -2.15. The zero-order chi connectivity index (χ0) is 15.0. The van der Waals surface area contributed by atoms with Crippen LogP contribution in [-0.2, 0) is 16.0 Å². The maximum absolute atomic E-state index is 11.4. The molecule has 5 nitrogen and oxygen atoms in total. The third-order valence-electron chi connectivity index (χ3n) is 3.13. The lowest BCUT2D eigenvalue weighted by molar-refractivity contribution is -0.143. The molecule has 1 atom stereocenters. The summed E-state index contributed by atoms with van der Waals surface area (Å²) >= 11 is 0. The van der Waals surface area contributed by atoms with E-state index in [4.69, 9.17) is 14.2 Å². The number of esters is 1. The van der Waals surface area contributed by atoms with Gasteiger partial charge in [-0.05, 0) is 31.2 Å². The number of aryl methyl sites for hydroxylation is 1. The van der Waals surface area contributed by atoms with Gasteiger partial charge in [-0.2, -0.15) is 0 Å². The maximum Gasteiger partial charge on any atom is 0.322 e. The zero-order valence-corrected chi connectivity index (χ0v) is 12.6. The quantitative estimate of drug-likeness (QED) is 0.736. The first-order valence-electron chi connectivity index (χ1n) is 6.71. The molecule has 0 heterocycles. The van der Waals surface area contributed by atoms with Gasteiger partial charge in [0.15, 0.2) is 11.5 Å². The molecule has 0 aliphatic carbocycles. The smallest absolute Gasteiger partial charge is 0.322 e. The number of carbonyl (C=O) groups is 1. The van der Waals surface area contributed by atoms with Gasteiger partial charge in [0.05, 0.1) is 20.8 Å². The van der Waals surface area contributed by atoms with Crippen LogP contribution in [-0.4, -0.2) is 39.9 Å². The van der Waals surface area contributed by atoms with E-state index in [0.717, 1.165) is 6.42 Å². The number of ether oxygens (including phenoxy) is 3. The minimum absolute atomic E-state index is 0.288. The first-order valence-corrected chi connectivity index (χ1v) is 6.71. The average molecular weight is 281 g/mol. The molecule has 0 aromatic heterocycles. The molecule has 0 fully saturated rings. The second-order valence-corrected chi connectivity index (χ2v) is 4.34. The van der Waals surface area contributed by atoms with E-state index in [1.165, 1.54) is 12.7 Å².